The number of fused-ring (bicyclic) bond motifs is 1. The number of amides is 2. The maximum Gasteiger partial charge on any atom is 0.273 e. The highest BCUT2D eigenvalue weighted by Crippen LogP contribution is 2.33. The SMILES string of the molecule is COCC(CCN1C(=O)c2ccccc2C1=O)c1cc(Cl)ccc1[N+](=O)[O-]. The fourth-order valence-electron chi connectivity index (χ4n) is 3.28. The molecule has 3 rings (SSSR count). The number of nitrogens with zero attached hydrogens (tertiary/aromatic N) is 2. The molecular formula is C19H17ClN2O5. The van der Waals surface area contributed by atoms with Crippen molar-refractivity contribution in [1.82, 2.24) is 4.90 Å². The fraction of sp³-hybridized carbons (Fsp3) is 0.263. The number of carbonyl (C=O) groups excluding carboxylic acids is 2. The summed E-state index contributed by atoms with van der Waals surface area (Å²) in [6.07, 6.45) is 0.320. The van der Waals surface area contributed by atoms with Gasteiger partial charge in [0.2, 0.25) is 0 Å². The van der Waals surface area contributed by atoms with Gasteiger partial charge in [-0.05, 0) is 30.7 Å². The first-order valence-electron chi connectivity index (χ1n) is 8.32. The summed E-state index contributed by atoms with van der Waals surface area (Å²) in [7, 11) is 1.49. The van der Waals surface area contributed by atoms with E-state index >= 15 is 0 Å². The van der Waals surface area contributed by atoms with E-state index in [2.05, 4.69) is 0 Å². The average molecular weight is 389 g/mol. The maximum atomic E-state index is 12.5. The van der Waals surface area contributed by atoms with Crippen LogP contribution in [0.2, 0.25) is 5.02 Å². The smallest absolute Gasteiger partial charge is 0.273 e. The lowest BCUT2D eigenvalue weighted by atomic mass is 9.94. The lowest BCUT2D eigenvalue weighted by Gasteiger charge is -2.20. The van der Waals surface area contributed by atoms with Gasteiger partial charge in [0, 0.05) is 36.2 Å². The molecule has 0 spiro atoms. The number of imide groups is 1. The minimum atomic E-state index is -0.476. The number of benzene rings is 2. The minimum Gasteiger partial charge on any atom is -0.384 e. The second-order valence-electron chi connectivity index (χ2n) is 6.21. The van der Waals surface area contributed by atoms with Gasteiger partial charge in [0.1, 0.15) is 0 Å². The van der Waals surface area contributed by atoms with Crippen LogP contribution in [0, 0.1) is 10.1 Å². The van der Waals surface area contributed by atoms with Crippen LogP contribution in [0.4, 0.5) is 5.69 Å². The Bertz CT molecular complexity index is 880. The topological polar surface area (TPSA) is 89.8 Å². The molecule has 1 heterocycles. The molecule has 8 heteroatoms. The highest BCUT2D eigenvalue weighted by atomic mass is 35.5. The Hall–Kier alpha value is -2.77. The largest absolute Gasteiger partial charge is 0.384 e. The van der Waals surface area contributed by atoms with E-state index in [1.807, 2.05) is 0 Å². The fourth-order valence-corrected chi connectivity index (χ4v) is 3.46. The molecule has 2 aromatic carbocycles. The van der Waals surface area contributed by atoms with Crippen molar-refractivity contribution < 1.29 is 19.2 Å². The van der Waals surface area contributed by atoms with Gasteiger partial charge in [0.25, 0.3) is 17.5 Å². The quantitative estimate of drug-likeness (QED) is 0.410. The van der Waals surface area contributed by atoms with Crippen LogP contribution in [0.25, 0.3) is 0 Å². The third-order valence-corrected chi connectivity index (χ3v) is 4.81. The van der Waals surface area contributed by atoms with Gasteiger partial charge in [-0.2, -0.15) is 0 Å². The molecule has 1 aliphatic heterocycles. The van der Waals surface area contributed by atoms with Crippen molar-refractivity contribution in [2.75, 3.05) is 20.3 Å². The van der Waals surface area contributed by atoms with E-state index in [4.69, 9.17) is 16.3 Å². The number of halogens is 1. The molecular weight excluding hydrogens is 372 g/mol. The Morgan fingerprint density at radius 3 is 2.33 bits per heavy atom. The molecule has 0 radical (unpaired) electrons. The van der Waals surface area contributed by atoms with Crippen LogP contribution in [0.15, 0.2) is 42.5 Å². The number of carbonyl (C=O) groups is 2. The van der Waals surface area contributed by atoms with Gasteiger partial charge >= 0.3 is 0 Å². The zero-order chi connectivity index (χ0) is 19.6. The van der Waals surface area contributed by atoms with Crippen LogP contribution in [0.1, 0.15) is 38.6 Å². The minimum absolute atomic E-state index is 0.0659. The first-order chi connectivity index (χ1) is 12.9. The van der Waals surface area contributed by atoms with Crippen LogP contribution in [-0.4, -0.2) is 41.9 Å². The highest BCUT2D eigenvalue weighted by molar-refractivity contribution is 6.30. The zero-order valence-corrected chi connectivity index (χ0v) is 15.3. The van der Waals surface area contributed by atoms with Crippen LogP contribution >= 0.6 is 11.6 Å². The maximum absolute atomic E-state index is 12.5. The number of methoxy groups -OCH3 is 1. The van der Waals surface area contributed by atoms with Crippen LogP contribution in [-0.2, 0) is 4.74 Å². The molecule has 1 aliphatic rings. The van der Waals surface area contributed by atoms with E-state index in [0.29, 0.717) is 28.1 Å². The van der Waals surface area contributed by atoms with Crippen molar-refractivity contribution in [2.45, 2.75) is 12.3 Å². The number of hydrogen-bond acceptors (Lipinski definition) is 5. The molecule has 1 unspecified atom stereocenters. The number of nitro benzene ring substituents is 1. The van der Waals surface area contributed by atoms with Crippen LogP contribution in [0.3, 0.4) is 0 Å². The van der Waals surface area contributed by atoms with Crippen molar-refractivity contribution in [2.24, 2.45) is 0 Å². The Kier molecular flexibility index (Phi) is 5.53. The van der Waals surface area contributed by atoms with Crippen molar-refractivity contribution in [3.8, 4) is 0 Å². The summed E-state index contributed by atoms with van der Waals surface area (Å²) in [5.74, 6) is -1.10. The summed E-state index contributed by atoms with van der Waals surface area (Å²) in [6, 6.07) is 11.0. The molecule has 0 saturated carbocycles. The molecule has 2 amide bonds. The molecule has 0 aliphatic carbocycles. The van der Waals surface area contributed by atoms with Gasteiger partial charge in [-0.1, -0.05) is 23.7 Å². The standard InChI is InChI=1S/C19H17ClN2O5/c1-27-11-12(16-10-13(20)6-7-17(16)22(25)26)8-9-21-18(23)14-4-2-3-5-15(14)19(21)24/h2-7,10,12H,8-9,11H2,1H3. The number of rotatable bonds is 7. The van der Waals surface area contributed by atoms with Crippen molar-refractivity contribution in [3.63, 3.8) is 0 Å². The lowest BCUT2D eigenvalue weighted by molar-refractivity contribution is -0.385. The Labute approximate surface area is 160 Å². The predicted octanol–water partition coefficient (Wildman–Crippen LogP) is 3.66. The molecule has 140 valence electrons. The summed E-state index contributed by atoms with van der Waals surface area (Å²) >= 11 is 6.02. The second kappa shape index (κ2) is 7.85. The van der Waals surface area contributed by atoms with E-state index in [0.717, 1.165) is 0 Å². The summed E-state index contributed by atoms with van der Waals surface area (Å²) in [5.41, 5.74) is 1.11. The molecule has 7 nitrogen and oxygen atoms in total. The van der Waals surface area contributed by atoms with Crippen LogP contribution in [0.5, 0.6) is 0 Å². The first kappa shape index (κ1) is 19.0. The van der Waals surface area contributed by atoms with E-state index < -0.39 is 10.8 Å². The predicted molar refractivity (Wildman–Crippen MR) is 99.1 cm³/mol. The summed E-state index contributed by atoms with van der Waals surface area (Å²) in [6.45, 7) is 0.328. The molecule has 0 aromatic heterocycles. The molecule has 1 atom stereocenters. The molecule has 27 heavy (non-hydrogen) atoms. The van der Waals surface area contributed by atoms with Crippen molar-refractivity contribution in [1.29, 1.82) is 0 Å². The van der Waals surface area contributed by atoms with Gasteiger partial charge < -0.3 is 4.74 Å². The average Bonchev–Trinajstić information content (AvgIpc) is 2.89. The second-order valence-corrected chi connectivity index (χ2v) is 6.65. The van der Waals surface area contributed by atoms with E-state index in [9.17, 15) is 19.7 Å². The van der Waals surface area contributed by atoms with E-state index in [1.165, 1.54) is 30.2 Å². The summed E-state index contributed by atoms with van der Waals surface area (Å²) in [4.78, 5) is 37.0. The zero-order valence-electron chi connectivity index (χ0n) is 14.6. The van der Waals surface area contributed by atoms with E-state index in [1.54, 1.807) is 24.3 Å². The van der Waals surface area contributed by atoms with Crippen molar-refractivity contribution >= 4 is 29.1 Å². The van der Waals surface area contributed by atoms with Crippen LogP contribution < -0.4 is 0 Å². The third kappa shape index (κ3) is 3.70. The molecule has 0 saturated heterocycles. The first-order valence-corrected chi connectivity index (χ1v) is 8.69. The summed E-state index contributed by atoms with van der Waals surface area (Å²) < 4.78 is 5.21. The molecule has 0 bridgehead atoms. The van der Waals surface area contributed by atoms with Gasteiger partial charge in [-0.25, -0.2) is 0 Å². The van der Waals surface area contributed by atoms with Gasteiger partial charge in [0.05, 0.1) is 22.7 Å². The molecule has 2 aromatic rings. The number of nitro groups is 1. The Morgan fingerprint density at radius 1 is 1.15 bits per heavy atom. The van der Waals surface area contributed by atoms with Gasteiger partial charge in [-0.3, -0.25) is 24.6 Å². The Morgan fingerprint density at radius 2 is 1.78 bits per heavy atom. The normalized spacial score (nSPS) is 14.4. The molecule has 0 N–H and O–H groups in total. The number of hydrogen-bond donors (Lipinski definition) is 0. The number of ether oxygens (including phenoxy) is 1. The Balaban J connectivity index is 1.83. The van der Waals surface area contributed by atoms with E-state index in [-0.39, 0.29) is 30.7 Å². The van der Waals surface area contributed by atoms with Gasteiger partial charge in [0.15, 0.2) is 0 Å². The molecule has 0 fully saturated rings. The summed E-state index contributed by atoms with van der Waals surface area (Å²) in [5, 5.41) is 11.7. The monoisotopic (exact) mass is 388 g/mol. The highest BCUT2D eigenvalue weighted by Gasteiger charge is 2.35. The third-order valence-electron chi connectivity index (χ3n) is 4.57. The van der Waals surface area contributed by atoms with Gasteiger partial charge in [-0.15, -0.1) is 0 Å². The van der Waals surface area contributed by atoms with Crippen molar-refractivity contribution in [3.05, 3.63) is 74.3 Å². The lowest BCUT2D eigenvalue weighted by Crippen LogP contribution is -2.32.